The molecule has 29 heavy (non-hydrogen) atoms. The van der Waals surface area contributed by atoms with Gasteiger partial charge < -0.3 is 9.80 Å². The molecule has 0 N–H and O–H groups in total. The fraction of sp³-hybridized carbons (Fsp3) is 0.542. The van der Waals surface area contributed by atoms with Crippen molar-refractivity contribution in [2.45, 2.75) is 45.7 Å². The van der Waals surface area contributed by atoms with E-state index in [1.807, 2.05) is 16.2 Å². The zero-order valence-electron chi connectivity index (χ0n) is 17.8. The molecule has 1 saturated heterocycles. The van der Waals surface area contributed by atoms with Crippen LogP contribution in [0.3, 0.4) is 0 Å². The van der Waals surface area contributed by atoms with E-state index in [0.717, 1.165) is 58.8 Å². The van der Waals surface area contributed by atoms with Crippen molar-refractivity contribution in [3.63, 3.8) is 0 Å². The second kappa shape index (κ2) is 9.41. The number of carbonyl (C=O) groups excluding carboxylic acids is 1. The van der Waals surface area contributed by atoms with E-state index in [1.54, 1.807) is 0 Å². The lowest BCUT2D eigenvalue weighted by molar-refractivity contribution is -0.132. The molecule has 4 nitrogen and oxygen atoms in total. The van der Waals surface area contributed by atoms with Crippen LogP contribution >= 0.6 is 11.3 Å². The minimum atomic E-state index is 0.314. The molecule has 2 aromatic rings. The van der Waals surface area contributed by atoms with E-state index in [1.165, 1.54) is 21.6 Å². The maximum atomic E-state index is 12.6. The largest absolute Gasteiger partial charge is 0.338 e. The van der Waals surface area contributed by atoms with Gasteiger partial charge in [0.15, 0.2) is 0 Å². The van der Waals surface area contributed by atoms with Gasteiger partial charge >= 0.3 is 0 Å². The quantitative estimate of drug-likeness (QED) is 0.720. The molecule has 0 atom stereocenters. The number of hydrogen-bond acceptors (Lipinski definition) is 4. The SMILES string of the molecule is CC(C)c1ccc(CN2CCN(CCC(=O)N3CCc4sccc4C3)CC2)cc1. The number of piperazine rings is 1. The molecule has 0 spiro atoms. The van der Waals surface area contributed by atoms with Gasteiger partial charge in [-0.25, -0.2) is 0 Å². The maximum Gasteiger partial charge on any atom is 0.224 e. The molecule has 0 radical (unpaired) electrons. The number of nitrogens with zero attached hydrogens (tertiary/aromatic N) is 3. The van der Waals surface area contributed by atoms with Crippen molar-refractivity contribution in [1.29, 1.82) is 0 Å². The lowest BCUT2D eigenvalue weighted by atomic mass is 10.0. The average molecular weight is 412 g/mol. The van der Waals surface area contributed by atoms with Crippen LogP contribution in [0.15, 0.2) is 35.7 Å². The average Bonchev–Trinajstić information content (AvgIpc) is 3.21. The number of thiophene rings is 1. The Balaban J connectivity index is 1.18. The molecule has 5 heteroatoms. The van der Waals surface area contributed by atoms with E-state index < -0.39 is 0 Å². The Labute approximate surface area is 179 Å². The molecule has 0 bridgehead atoms. The van der Waals surface area contributed by atoms with Crippen LogP contribution in [0.2, 0.25) is 0 Å². The topological polar surface area (TPSA) is 26.8 Å². The molecule has 1 fully saturated rings. The Morgan fingerprint density at radius 3 is 2.45 bits per heavy atom. The Bertz CT molecular complexity index is 806. The minimum Gasteiger partial charge on any atom is -0.338 e. The van der Waals surface area contributed by atoms with Gasteiger partial charge in [-0.2, -0.15) is 0 Å². The van der Waals surface area contributed by atoms with Crippen LogP contribution in [0.5, 0.6) is 0 Å². The molecular weight excluding hydrogens is 378 g/mol. The lowest BCUT2D eigenvalue weighted by Crippen LogP contribution is -2.47. The summed E-state index contributed by atoms with van der Waals surface area (Å²) in [4.78, 5) is 21.1. The van der Waals surface area contributed by atoms with Crippen LogP contribution < -0.4 is 0 Å². The van der Waals surface area contributed by atoms with Gasteiger partial charge in [0.05, 0.1) is 0 Å². The van der Waals surface area contributed by atoms with E-state index in [4.69, 9.17) is 0 Å². The third-order valence-corrected chi connectivity index (χ3v) is 7.34. The van der Waals surface area contributed by atoms with Gasteiger partial charge in [0.2, 0.25) is 5.91 Å². The van der Waals surface area contributed by atoms with Crippen LogP contribution in [0.1, 0.15) is 47.8 Å². The highest BCUT2D eigenvalue weighted by atomic mass is 32.1. The minimum absolute atomic E-state index is 0.314. The molecule has 156 valence electrons. The second-order valence-corrected chi connectivity index (χ2v) is 9.70. The Morgan fingerprint density at radius 1 is 1.00 bits per heavy atom. The van der Waals surface area contributed by atoms with E-state index in [2.05, 4.69) is 59.4 Å². The molecule has 1 amide bonds. The van der Waals surface area contributed by atoms with Crippen molar-refractivity contribution in [3.05, 3.63) is 57.3 Å². The maximum absolute atomic E-state index is 12.6. The van der Waals surface area contributed by atoms with Gasteiger partial charge in [0.1, 0.15) is 0 Å². The first-order valence-corrected chi connectivity index (χ1v) is 11.8. The van der Waals surface area contributed by atoms with Gasteiger partial charge in [-0.15, -0.1) is 11.3 Å². The third kappa shape index (κ3) is 5.27. The van der Waals surface area contributed by atoms with Crippen molar-refractivity contribution >= 4 is 17.2 Å². The highest BCUT2D eigenvalue weighted by Crippen LogP contribution is 2.24. The highest BCUT2D eigenvalue weighted by molar-refractivity contribution is 7.10. The van der Waals surface area contributed by atoms with Gasteiger partial charge in [-0.1, -0.05) is 38.1 Å². The number of fused-ring (bicyclic) bond motifs is 1. The number of benzene rings is 1. The van der Waals surface area contributed by atoms with Crippen LogP contribution in [0.4, 0.5) is 0 Å². The van der Waals surface area contributed by atoms with Gasteiger partial charge in [-0.3, -0.25) is 9.69 Å². The van der Waals surface area contributed by atoms with Gasteiger partial charge in [0.25, 0.3) is 0 Å². The molecule has 0 aliphatic carbocycles. The molecule has 2 aliphatic heterocycles. The predicted octanol–water partition coefficient (Wildman–Crippen LogP) is 3.96. The molecular formula is C24H33N3OS. The Hall–Kier alpha value is -1.69. The van der Waals surface area contributed by atoms with Crippen molar-refractivity contribution < 1.29 is 4.79 Å². The van der Waals surface area contributed by atoms with Crippen molar-refractivity contribution in [1.82, 2.24) is 14.7 Å². The summed E-state index contributed by atoms with van der Waals surface area (Å²) in [5, 5.41) is 2.15. The number of amides is 1. The van der Waals surface area contributed by atoms with Crippen LogP contribution in [0, 0.1) is 0 Å². The Morgan fingerprint density at radius 2 is 1.72 bits per heavy atom. The summed E-state index contributed by atoms with van der Waals surface area (Å²) in [5.74, 6) is 0.905. The van der Waals surface area contributed by atoms with Crippen molar-refractivity contribution in [2.24, 2.45) is 0 Å². The number of carbonyl (C=O) groups is 1. The first kappa shape index (κ1) is 20.6. The second-order valence-electron chi connectivity index (χ2n) is 8.70. The standard InChI is InChI=1S/C24H33N3OS/c1-19(2)21-5-3-20(4-6-21)17-26-14-12-25(13-15-26)10-8-24(28)27-11-7-23-22(18-27)9-16-29-23/h3-6,9,16,19H,7-8,10-15,17-18H2,1-2H3. The number of hydrogen-bond donors (Lipinski definition) is 0. The summed E-state index contributed by atoms with van der Waals surface area (Å²) in [6.07, 6.45) is 1.67. The first-order chi connectivity index (χ1) is 14.1. The van der Waals surface area contributed by atoms with Crippen molar-refractivity contribution in [3.8, 4) is 0 Å². The monoisotopic (exact) mass is 411 g/mol. The predicted molar refractivity (Wildman–Crippen MR) is 120 cm³/mol. The lowest BCUT2D eigenvalue weighted by Gasteiger charge is -2.35. The normalized spacial score (nSPS) is 18.2. The fourth-order valence-electron chi connectivity index (χ4n) is 4.31. The molecule has 4 rings (SSSR count). The molecule has 1 aromatic carbocycles. The fourth-order valence-corrected chi connectivity index (χ4v) is 5.20. The van der Waals surface area contributed by atoms with Gasteiger partial charge in [0, 0.05) is 63.7 Å². The summed E-state index contributed by atoms with van der Waals surface area (Å²) >= 11 is 1.83. The van der Waals surface area contributed by atoms with Crippen LogP contribution in [-0.2, 0) is 24.3 Å². The summed E-state index contributed by atoms with van der Waals surface area (Å²) < 4.78 is 0. The van der Waals surface area contributed by atoms with E-state index in [0.29, 0.717) is 18.2 Å². The summed E-state index contributed by atoms with van der Waals surface area (Å²) in [6, 6.07) is 11.3. The molecule has 0 unspecified atom stereocenters. The van der Waals surface area contributed by atoms with E-state index in [-0.39, 0.29) is 0 Å². The molecule has 0 saturated carbocycles. The molecule has 2 aliphatic rings. The third-order valence-electron chi connectivity index (χ3n) is 6.32. The summed E-state index contributed by atoms with van der Waals surface area (Å²) in [6.45, 7) is 12.4. The van der Waals surface area contributed by atoms with Crippen LogP contribution in [-0.4, -0.2) is 59.9 Å². The van der Waals surface area contributed by atoms with E-state index >= 15 is 0 Å². The van der Waals surface area contributed by atoms with E-state index in [9.17, 15) is 4.79 Å². The Kier molecular flexibility index (Phi) is 6.68. The number of rotatable bonds is 6. The highest BCUT2D eigenvalue weighted by Gasteiger charge is 2.23. The summed E-state index contributed by atoms with van der Waals surface area (Å²) in [7, 11) is 0. The van der Waals surface area contributed by atoms with Crippen molar-refractivity contribution in [2.75, 3.05) is 39.3 Å². The smallest absolute Gasteiger partial charge is 0.224 e. The molecule has 1 aromatic heterocycles. The zero-order valence-corrected chi connectivity index (χ0v) is 18.6. The molecule has 3 heterocycles. The van der Waals surface area contributed by atoms with Gasteiger partial charge in [-0.05, 0) is 40.5 Å². The first-order valence-electron chi connectivity index (χ1n) is 10.9. The zero-order chi connectivity index (χ0) is 20.2. The van der Waals surface area contributed by atoms with Crippen LogP contribution in [0.25, 0.3) is 0 Å². The summed E-state index contributed by atoms with van der Waals surface area (Å²) in [5.41, 5.74) is 4.16.